The smallest absolute Gasteiger partial charge is 0.227 e. The molecule has 9 heteroatoms. The number of likely N-dealkylation sites (N-methyl/N-ethyl adjacent to an activating group) is 1. The maximum Gasteiger partial charge on any atom is 0.227 e. The molecule has 0 atom stereocenters. The van der Waals surface area contributed by atoms with E-state index >= 15 is 0 Å². The molecule has 1 N–H and O–H groups in total. The Morgan fingerprint density at radius 2 is 1.80 bits per heavy atom. The van der Waals surface area contributed by atoms with Crippen LogP contribution in [-0.4, -0.2) is 72.8 Å². The number of nitriles is 1. The van der Waals surface area contributed by atoms with Crippen LogP contribution >= 0.6 is 11.3 Å². The Hall–Kier alpha value is -3.97. The van der Waals surface area contributed by atoms with Gasteiger partial charge in [0.15, 0.2) is 0 Å². The average Bonchev–Trinajstić information content (AvgIpc) is 3.36. The van der Waals surface area contributed by atoms with Gasteiger partial charge in [0.1, 0.15) is 17.6 Å². The largest absolute Gasteiger partial charge is 0.497 e. The predicted octanol–water partition coefficient (Wildman–Crippen LogP) is 6.21. The quantitative estimate of drug-likeness (QED) is 0.214. The fourth-order valence-electron chi connectivity index (χ4n) is 5.06. The number of rotatable bonds is 11. The van der Waals surface area contributed by atoms with Gasteiger partial charge in [-0.05, 0) is 55.8 Å². The van der Waals surface area contributed by atoms with Gasteiger partial charge in [-0.25, -0.2) is 9.97 Å². The molecule has 1 aliphatic rings. The number of thiophene rings is 1. The van der Waals surface area contributed by atoms with E-state index in [1.165, 1.54) is 0 Å². The van der Waals surface area contributed by atoms with Crippen LogP contribution in [-0.2, 0) is 0 Å². The average molecular weight is 569 g/mol. The number of methoxy groups -OCH3 is 1. The molecule has 0 aliphatic carbocycles. The molecular formula is C32H36N6O2S. The van der Waals surface area contributed by atoms with Crippen molar-refractivity contribution in [2.24, 2.45) is 0 Å². The molecule has 0 saturated carbocycles. The van der Waals surface area contributed by atoms with E-state index < -0.39 is 0 Å². The molecule has 2 aromatic carbocycles. The van der Waals surface area contributed by atoms with Gasteiger partial charge in [0.2, 0.25) is 5.95 Å². The zero-order valence-corrected chi connectivity index (χ0v) is 24.7. The molecule has 212 valence electrons. The van der Waals surface area contributed by atoms with E-state index in [4.69, 9.17) is 14.5 Å². The van der Waals surface area contributed by atoms with Gasteiger partial charge < -0.3 is 24.6 Å². The second-order valence-electron chi connectivity index (χ2n) is 9.98. The number of hydrogen-bond donors (Lipinski definition) is 1. The molecule has 0 unspecified atom stereocenters. The number of aromatic nitrogens is 2. The summed E-state index contributed by atoms with van der Waals surface area (Å²) in [6.45, 7) is 11.6. The Morgan fingerprint density at radius 1 is 1.02 bits per heavy atom. The van der Waals surface area contributed by atoms with Crippen molar-refractivity contribution in [1.29, 1.82) is 5.26 Å². The van der Waals surface area contributed by atoms with E-state index in [1.807, 2.05) is 61.5 Å². The second-order valence-corrected chi connectivity index (χ2v) is 11.2. The first-order valence-electron chi connectivity index (χ1n) is 14.0. The number of nitrogens with one attached hydrogen (secondary N) is 1. The van der Waals surface area contributed by atoms with Gasteiger partial charge in [-0.3, -0.25) is 0 Å². The highest BCUT2D eigenvalue weighted by atomic mass is 32.1. The third-order valence-corrected chi connectivity index (χ3v) is 8.46. The molecule has 1 saturated heterocycles. The zero-order valence-electron chi connectivity index (χ0n) is 23.9. The Labute approximate surface area is 246 Å². The third-order valence-electron chi connectivity index (χ3n) is 7.33. The summed E-state index contributed by atoms with van der Waals surface area (Å²) < 4.78 is 11.5. The third kappa shape index (κ3) is 7.03. The van der Waals surface area contributed by atoms with Crippen molar-refractivity contribution >= 4 is 23.0 Å². The predicted molar refractivity (Wildman–Crippen MR) is 165 cm³/mol. The van der Waals surface area contributed by atoms with E-state index in [2.05, 4.69) is 33.1 Å². The van der Waals surface area contributed by atoms with E-state index in [1.54, 1.807) is 24.6 Å². The van der Waals surface area contributed by atoms with Crippen LogP contribution in [0.2, 0.25) is 0 Å². The molecule has 0 spiro atoms. The van der Waals surface area contributed by atoms with Crippen molar-refractivity contribution in [1.82, 2.24) is 19.8 Å². The van der Waals surface area contributed by atoms with Crippen molar-refractivity contribution < 1.29 is 9.47 Å². The first-order valence-corrected chi connectivity index (χ1v) is 14.9. The van der Waals surface area contributed by atoms with Crippen LogP contribution in [0.1, 0.15) is 23.8 Å². The Balaban J connectivity index is 1.26. The zero-order chi connectivity index (χ0) is 28.6. The molecule has 1 fully saturated rings. The van der Waals surface area contributed by atoms with Crippen molar-refractivity contribution in [2.45, 2.75) is 20.3 Å². The van der Waals surface area contributed by atoms with E-state index in [0.29, 0.717) is 18.1 Å². The highest BCUT2D eigenvalue weighted by molar-refractivity contribution is 7.16. The summed E-state index contributed by atoms with van der Waals surface area (Å²) in [4.78, 5) is 16.2. The summed E-state index contributed by atoms with van der Waals surface area (Å²) in [5.41, 5.74) is 4.03. The molecule has 1 aliphatic heterocycles. The number of piperazine rings is 1. The molecule has 3 heterocycles. The minimum Gasteiger partial charge on any atom is -0.497 e. The number of benzene rings is 2. The summed E-state index contributed by atoms with van der Waals surface area (Å²) in [5.74, 6) is 2.03. The number of ether oxygens (including phenoxy) is 2. The van der Waals surface area contributed by atoms with Crippen LogP contribution < -0.4 is 14.8 Å². The summed E-state index contributed by atoms with van der Waals surface area (Å²) in [5, 5.41) is 13.3. The van der Waals surface area contributed by atoms with Crippen molar-refractivity contribution in [3.05, 3.63) is 71.2 Å². The van der Waals surface area contributed by atoms with Crippen LogP contribution in [0.5, 0.6) is 11.5 Å². The molecule has 2 aromatic heterocycles. The molecule has 41 heavy (non-hydrogen) atoms. The van der Waals surface area contributed by atoms with Crippen LogP contribution in [0.3, 0.4) is 0 Å². The van der Waals surface area contributed by atoms with Crippen molar-refractivity contribution in [2.75, 3.05) is 58.3 Å². The van der Waals surface area contributed by atoms with Crippen molar-refractivity contribution in [3.8, 4) is 39.3 Å². The van der Waals surface area contributed by atoms with Gasteiger partial charge in [-0.1, -0.05) is 25.1 Å². The number of hydrogen-bond acceptors (Lipinski definition) is 9. The Kier molecular flexibility index (Phi) is 9.47. The fraction of sp³-hybridized carbons (Fsp3) is 0.344. The van der Waals surface area contributed by atoms with E-state index in [-0.39, 0.29) is 0 Å². The van der Waals surface area contributed by atoms with Crippen LogP contribution in [0.25, 0.3) is 21.7 Å². The summed E-state index contributed by atoms with van der Waals surface area (Å²) >= 11 is 1.56. The molecule has 0 amide bonds. The van der Waals surface area contributed by atoms with Crippen LogP contribution in [0, 0.1) is 18.3 Å². The Morgan fingerprint density at radius 3 is 2.59 bits per heavy atom. The van der Waals surface area contributed by atoms with Gasteiger partial charge in [0, 0.05) is 61.1 Å². The van der Waals surface area contributed by atoms with Gasteiger partial charge in [0.25, 0.3) is 0 Å². The first-order chi connectivity index (χ1) is 20.1. The maximum atomic E-state index is 9.95. The van der Waals surface area contributed by atoms with Gasteiger partial charge >= 0.3 is 0 Å². The lowest BCUT2D eigenvalue weighted by Gasteiger charge is -2.33. The molecule has 5 rings (SSSR count). The monoisotopic (exact) mass is 568 g/mol. The summed E-state index contributed by atoms with van der Waals surface area (Å²) in [6.07, 6.45) is 2.73. The minimum absolute atomic E-state index is 0.479. The topological polar surface area (TPSA) is 86.5 Å². The standard InChI is InChI=1S/C32H36N6O2S/c1-4-37-15-17-38(18-16-37)14-7-19-40-27-11-6-9-25(21-27)35-32-34-13-12-29(36-32)31-30(28(22-33)23(2)41-31)24-8-5-10-26(20-24)39-3/h5-6,8-13,20-21H,4,7,14-19H2,1-3H3,(H,34,35,36). The molecule has 0 bridgehead atoms. The van der Waals surface area contributed by atoms with Crippen molar-refractivity contribution in [3.63, 3.8) is 0 Å². The molecule has 4 aromatic rings. The number of aryl methyl sites for hydroxylation is 1. The lowest BCUT2D eigenvalue weighted by atomic mass is 9.99. The van der Waals surface area contributed by atoms with Gasteiger partial charge in [-0.2, -0.15) is 5.26 Å². The minimum atomic E-state index is 0.479. The van der Waals surface area contributed by atoms with E-state index in [9.17, 15) is 5.26 Å². The highest BCUT2D eigenvalue weighted by Crippen LogP contribution is 2.43. The van der Waals surface area contributed by atoms with E-state index in [0.717, 1.165) is 89.5 Å². The van der Waals surface area contributed by atoms with Gasteiger partial charge in [-0.15, -0.1) is 11.3 Å². The summed E-state index contributed by atoms with van der Waals surface area (Å²) in [7, 11) is 1.64. The molecule has 0 radical (unpaired) electrons. The lowest BCUT2D eigenvalue weighted by Crippen LogP contribution is -2.46. The maximum absolute atomic E-state index is 9.95. The summed E-state index contributed by atoms with van der Waals surface area (Å²) in [6, 6.07) is 19.9. The number of nitrogens with zero attached hydrogens (tertiary/aromatic N) is 5. The van der Waals surface area contributed by atoms with Gasteiger partial charge in [0.05, 0.1) is 29.9 Å². The van der Waals surface area contributed by atoms with Crippen LogP contribution in [0.15, 0.2) is 60.8 Å². The second kappa shape index (κ2) is 13.6. The van der Waals surface area contributed by atoms with Crippen LogP contribution in [0.4, 0.5) is 11.6 Å². The SMILES string of the molecule is CCN1CCN(CCCOc2cccc(Nc3nccc(-c4sc(C)c(C#N)c4-c4cccc(OC)c4)n3)c2)CC1. The Bertz CT molecular complexity index is 1510. The molecular weight excluding hydrogens is 532 g/mol. The first kappa shape index (κ1) is 28.6. The molecule has 8 nitrogen and oxygen atoms in total. The highest BCUT2D eigenvalue weighted by Gasteiger charge is 2.21. The normalized spacial score (nSPS) is 14.0. The fourth-order valence-corrected chi connectivity index (χ4v) is 6.16. The number of anilines is 2. The lowest BCUT2D eigenvalue weighted by molar-refractivity contribution is 0.130.